The number of carbonyl (C=O) groups excluding carboxylic acids is 1. The molecule has 2 aromatic carbocycles. The molecule has 1 fully saturated rings. The number of amides is 1. The van der Waals surface area contributed by atoms with Crippen LogP contribution in [0.3, 0.4) is 0 Å². The minimum Gasteiger partial charge on any atom is -0.368 e. The molecule has 5 rings (SSSR count). The van der Waals surface area contributed by atoms with Crippen LogP contribution in [0.25, 0.3) is 33.5 Å². The first kappa shape index (κ1) is 18.1. The lowest BCUT2D eigenvalue weighted by Gasteiger charge is -2.35. The summed E-state index contributed by atoms with van der Waals surface area (Å²) in [5, 5.41) is 19.0. The van der Waals surface area contributed by atoms with Gasteiger partial charge in [0.2, 0.25) is 5.91 Å². The SMILES string of the molecule is CC(=O)N1CCN(c2ccc3nc(-c4n[nH]c5ccc([N+](=O)[O-])cc45)[nH]c3c2)CC1. The maximum Gasteiger partial charge on any atom is 0.270 e. The van der Waals surface area contributed by atoms with Gasteiger partial charge < -0.3 is 14.8 Å². The van der Waals surface area contributed by atoms with Gasteiger partial charge in [-0.1, -0.05) is 0 Å². The number of benzene rings is 2. The first-order chi connectivity index (χ1) is 14.5. The van der Waals surface area contributed by atoms with Crippen molar-refractivity contribution in [2.24, 2.45) is 0 Å². The summed E-state index contributed by atoms with van der Waals surface area (Å²) in [6.45, 7) is 4.57. The van der Waals surface area contributed by atoms with Gasteiger partial charge in [0.1, 0.15) is 5.69 Å². The second-order valence-electron chi connectivity index (χ2n) is 7.34. The van der Waals surface area contributed by atoms with E-state index in [0.29, 0.717) is 35.5 Å². The van der Waals surface area contributed by atoms with Gasteiger partial charge >= 0.3 is 0 Å². The van der Waals surface area contributed by atoms with Crippen LogP contribution in [0, 0.1) is 10.1 Å². The summed E-state index contributed by atoms with van der Waals surface area (Å²) in [5.74, 6) is 0.657. The number of nitro groups is 1. The number of fused-ring (bicyclic) bond motifs is 2. The van der Waals surface area contributed by atoms with Crippen molar-refractivity contribution in [1.82, 2.24) is 25.1 Å². The van der Waals surface area contributed by atoms with E-state index < -0.39 is 4.92 Å². The lowest BCUT2D eigenvalue weighted by atomic mass is 10.2. The van der Waals surface area contributed by atoms with E-state index in [0.717, 1.165) is 29.8 Å². The highest BCUT2D eigenvalue weighted by Gasteiger charge is 2.20. The van der Waals surface area contributed by atoms with Crippen molar-refractivity contribution < 1.29 is 9.72 Å². The molecule has 4 aromatic rings. The number of imidazole rings is 1. The predicted octanol–water partition coefficient (Wildman–Crippen LogP) is 2.68. The summed E-state index contributed by atoms with van der Waals surface area (Å²) in [4.78, 5) is 34.2. The molecule has 0 spiro atoms. The Hall–Kier alpha value is -3.95. The summed E-state index contributed by atoms with van der Waals surface area (Å²) in [5.41, 5.74) is 3.97. The highest BCUT2D eigenvalue weighted by molar-refractivity contribution is 5.94. The number of H-pyrrole nitrogens is 2. The molecular weight excluding hydrogens is 386 g/mol. The van der Waals surface area contributed by atoms with Crippen molar-refractivity contribution >= 4 is 39.2 Å². The summed E-state index contributed by atoms with van der Waals surface area (Å²) in [6.07, 6.45) is 0. The Bertz CT molecular complexity index is 1280. The average molecular weight is 405 g/mol. The molecule has 3 heterocycles. The van der Waals surface area contributed by atoms with E-state index in [1.165, 1.54) is 12.1 Å². The Labute approximate surface area is 170 Å². The van der Waals surface area contributed by atoms with Crippen LogP contribution in [-0.4, -0.2) is 62.1 Å². The molecule has 1 aliphatic heterocycles. The maximum absolute atomic E-state index is 11.5. The van der Waals surface area contributed by atoms with Gasteiger partial charge in [0, 0.05) is 56.3 Å². The number of piperazine rings is 1. The Kier molecular flexibility index (Phi) is 4.12. The monoisotopic (exact) mass is 405 g/mol. The number of nitrogens with one attached hydrogen (secondary N) is 2. The quantitative estimate of drug-likeness (QED) is 0.399. The highest BCUT2D eigenvalue weighted by atomic mass is 16.6. The lowest BCUT2D eigenvalue weighted by Crippen LogP contribution is -2.48. The molecule has 0 bridgehead atoms. The Morgan fingerprint density at radius 2 is 1.90 bits per heavy atom. The van der Waals surface area contributed by atoms with Gasteiger partial charge in [0.25, 0.3) is 5.69 Å². The minimum absolute atomic E-state index is 0.00764. The number of nitro benzene ring substituents is 1. The molecule has 2 N–H and O–H groups in total. The molecule has 0 aliphatic carbocycles. The summed E-state index contributed by atoms with van der Waals surface area (Å²) in [7, 11) is 0. The van der Waals surface area contributed by atoms with Crippen molar-refractivity contribution in [3.05, 3.63) is 46.5 Å². The van der Waals surface area contributed by atoms with E-state index in [1.54, 1.807) is 13.0 Å². The van der Waals surface area contributed by atoms with Crippen LogP contribution in [0.15, 0.2) is 36.4 Å². The molecule has 10 heteroatoms. The number of rotatable bonds is 3. The van der Waals surface area contributed by atoms with Crippen molar-refractivity contribution in [3.63, 3.8) is 0 Å². The second kappa shape index (κ2) is 6.83. The topological polar surface area (TPSA) is 124 Å². The normalized spacial score (nSPS) is 14.6. The first-order valence-corrected chi connectivity index (χ1v) is 9.63. The smallest absolute Gasteiger partial charge is 0.270 e. The van der Waals surface area contributed by atoms with Gasteiger partial charge in [0.15, 0.2) is 5.82 Å². The van der Waals surface area contributed by atoms with Crippen LogP contribution in [0.5, 0.6) is 0 Å². The molecule has 30 heavy (non-hydrogen) atoms. The number of hydrogen-bond donors (Lipinski definition) is 2. The number of non-ortho nitro benzene ring substituents is 1. The Balaban J connectivity index is 1.48. The van der Waals surface area contributed by atoms with E-state index in [2.05, 4.69) is 25.1 Å². The maximum atomic E-state index is 11.5. The van der Waals surface area contributed by atoms with Gasteiger partial charge in [-0.15, -0.1) is 0 Å². The standard InChI is InChI=1S/C20H19N7O3/c1-12(28)25-6-8-26(9-7-25)13-2-5-17-18(11-13)22-20(21-17)19-15-10-14(27(29)30)3-4-16(15)23-24-19/h2-5,10-11H,6-9H2,1H3,(H,21,22)(H,23,24). The molecule has 1 amide bonds. The number of carbonyl (C=O) groups is 1. The van der Waals surface area contributed by atoms with Crippen molar-refractivity contribution in [2.75, 3.05) is 31.1 Å². The number of anilines is 1. The molecule has 10 nitrogen and oxygen atoms in total. The van der Waals surface area contributed by atoms with E-state index in [9.17, 15) is 14.9 Å². The molecule has 2 aromatic heterocycles. The minimum atomic E-state index is -0.424. The van der Waals surface area contributed by atoms with Crippen molar-refractivity contribution in [1.29, 1.82) is 0 Å². The molecule has 0 atom stereocenters. The summed E-state index contributed by atoms with van der Waals surface area (Å²) in [6, 6.07) is 10.6. The predicted molar refractivity (Wildman–Crippen MR) is 112 cm³/mol. The molecular formula is C20H19N7O3. The molecule has 0 saturated carbocycles. The van der Waals surface area contributed by atoms with E-state index >= 15 is 0 Å². The fraction of sp³-hybridized carbons (Fsp3) is 0.250. The molecule has 1 aliphatic rings. The zero-order valence-corrected chi connectivity index (χ0v) is 16.3. The summed E-state index contributed by atoms with van der Waals surface area (Å²) >= 11 is 0. The molecule has 1 saturated heterocycles. The van der Waals surface area contributed by atoms with E-state index in [4.69, 9.17) is 0 Å². The number of nitrogens with zero attached hydrogens (tertiary/aromatic N) is 5. The van der Waals surface area contributed by atoms with Crippen LogP contribution >= 0.6 is 0 Å². The van der Waals surface area contributed by atoms with Crippen LogP contribution in [0.4, 0.5) is 11.4 Å². The Morgan fingerprint density at radius 3 is 2.63 bits per heavy atom. The van der Waals surface area contributed by atoms with Crippen LogP contribution in [0.1, 0.15) is 6.92 Å². The Morgan fingerprint density at radius 1 is 1.10 bits per heavy atom. The van der Waals surface area contributed by atoms with Gasteiger partial charge in [-0.3, -0.25) is 20.0 Å². The third kappa shape index (κ3) is 3.02. The van der Waals surface area contributed by atoms with E-state index in [1.807, 2.05) is 23.1 Å². The zero-order chi connectivity index (χ0) is 20.8. The van der Waals surface area contributed by atoms with Crippen LogP contribution in [0.2, 0.25) is 0 Å². The van der Waals surface area contributed by atoms with Crippen LogP contribution in [-0.2, 0) is 4.79 Å². The lowest BCUT2D eigenvalue weighted by molar-refractivity contribution is -0.384. The fourth-order valence-corrected chi connectivity index (χ4v) is 3.88. The van der Waals surface area contributed by atoms with E-state index in [-0.39, 0.29) is 11.6 Å². The number of hydrogen-bond acceptors (Lipinski definition) is 6. The van der Waals surface area contributed by atoms with Gasteiger partial charge in [-0.05, 0) is 24.3 Å². The second-order valence-corrected chi connectivity index (χ2v) is 7.34. The van der Waals surface area contributed by atoms with Gasteiger partial charge in [0.05, 0.1) is 21.5 Å². The zero-order valence-electron chi connectivity index (χ0n) is 16.3. The largest absolute Gasteiger partial charge is 0.368 e. The summed E-state index contributed by atoms with van der Waals surface area (Å²) < 4.78 is 0. The average Bonchev–Trinajstić information content (AvgIpc) is 3.36. The van der Waals surface area contributed by atoms with Crippen LogP contribution < -0.4 is 4.90 Å². The number of aromatic amines is 2. The van der Waals surface area contributed by atoms with Crippen molar-refractivity contribution in [2.45, 2.75) is 6.92 Å². The highest BCUT2D eigenvalue weighted by Crippen LogP contribution is 2.30. The van der Waals surface area contributed by atoms with Gasteiger partial charge in [-0.2, -0.15) is 5.10 Å². The van der Waals surface area contributed by atoms with Gasteiger partial charge in [-0.25, -0.2) is 4.98 Å². The number of aromatic nitrogens is 4. The molecule has 152 valence electrons. The third-order valence-electron chi connectivity index (χ3n) is 5.54. The van der Waals surface area contributed by atoms with Crippen molar-refractivity contribution in [3.8, 4) is 11.5 Å². The molecule has 0 radical (unpaired) electrons. The molecule has 0 unspecified atom stereocenters. The fourth-order valence-electron chi connectivity index (χ4n) is 3.88. The third-order valence-corrected chi connectivity index (χ3v) is 5.54. The first-order valence-electron chi connectivity index (χ1n) is 9.63.